The summed E-state index contributed by atoms with van der Waals surface area (Å²) in [4.78, 5) is 11.6. The Morgan fingerprint density at radius 3 is 2.67 bits per heavy atom. The lowest BCUT2D eigenvalue weighted by molar-refractivity contribution is -0.124. The number of hydrogen-bond donors (Lipinski definition) is 1. The van der Waals surface area contributed by atoms with E-state index in [1.807, 2.05) is 6.92 Å². The van der Waals surface area contributed by atoms with Crippen LogP contribution < -0.4 is 5.73 Å². The number of allylic oxidation sites excluding steroid dienone is 1. The van der Waals surface area contributed by atoms with Gasteiger partial charge in [0.15, 0.2) is 5.78 Å². The zero-order valence-electron chi connectivity index (χ0n) is 7.59. The Morgan fingerprint density at radius 2 is 2.33 bits per heavy atom. The van der Waals surface area contributed by atoms with E-state index in [1.54, 1.807) is 6.92 Å². The zero-order valence-corrected chi connectivity index (χ0v) is 7.59. The maximum atomic E-state index is 11.6. The number of carbonyl (C=O) groups is 1. The van der Waals surface area contributed by atoms with Gasteiger partial charge in [-0.25, -0.2) is 0 Å². The average Bonchev–Trinajstić information content (AvgIpc) is 2.32. The third kappa shape index (κ3) is 1.30. The highest BCUT2D eigenvalue weighted by molar-refractivity contribution is 5.99. The minimum atomic E-state index is -0.550. The van der Waals surface area contributed by atoms with Crippen LogP contribution in [0.15, 0.2) is 12.2 Å². The first-order valence-corrected chi connectivity index (χ1v) is 4.02. The third-order valence-electron chi connectivity index (χ3n) is 2.42. The van der Waals surface area contributed by atoms with Crippen LogP contribution in [0.1, 0.15) is 13.8 Å². The van der Waals surface area contributed by atoms with E-state index >= 15 is 0 Å². The number of ketones is 1. The minimum absolute atomic E-state index is 0.0208. The van der Waals surface area contributed by atoms with E-state index in [0.717, 1.165) is 0 Å². The first kappa shape index (κ1) is 9.42. The van der Waals surface area contributed by atoms with E-state index < -0.39 is 5.41 Å². The largest absolute Gasteiger partial charge is 0.379 e. The smallest absolute Gasteiger partial charge is 0.167 e. The van der Waals surface area contributed by atoms with Crippen LogP contribution in [0.5, 0.6) is 0 Å². The van der Waals surface area contributed by atoms with Gasteiger partial charge in [0.25, 0.3) is 0 Å². The van der Waals surface area contributed by atoms with Crippen LogP contribution in [-0.4, -0.2) is 25.0 Å². The van der Waals surface area contributed by atoms with Crippen LogP contribution in [-0.2, 0) is 9.53 Å². The molecule has 0 aliphatic carbocycles. The van der Waals surface area contributed by atoms with Gasteiger partial charge in [-0.05, 0) is 19.4 Å². The lowest BCUT2D eigenvalue weighted by Gasteiger charge is -2.24. The molecule has 1 aliphatic rings. The fraction of sp³-hybridized carbons (Fsp3) is 0.667. The summed E-state index contributed by atoms with van der Waals surface area (Å²) in [5.74, 6) is 0.0208. The molecule has 0 saturated carbocycles. The molecule has 0 aromatic carbocycles. The van der Waals surface area contributed by atoms with Crippen molar-refractivity contribution in [3.63, 3.8) is 0 Å². The Bertz CT molecular complexity index is 225. The molecule has 1 rings (SSSR count). The molecule has 0 aromatic heterocycles. The van der Waals surface area contributed by atoms with Crippen molar-refractivity contribution in [2.45, 2.75) is 19.9 Å². The standard InChI is InChI=1S/C9H15NO2/c1-6(2)8(11)9(3)5-12-4-7(9)10/h7H,1,4-5,10H2,2-3H3. The van der Waals surface area contributed by atoms with E-state index in [-0.39, 0.29) is 11.8 Å². The molecule has 2 N–H and O–H groups in total. The Balaban J connectivity index is 2.84. The Hall–Kier alpha value is -0.670. The molecule has 1 heterocycles. The number of hydrogen-bond acceptors (Lipinski definition) is 3. The van der Waals surface area contributed by atoms with Gasteiger partial charge >= 0.3 is 0 Å². The lowest BCUT2D eigenvalue weighted by Crippen LogP contribution is -2.44. The van der Waals surface area contributed by atoms with Gasteiger partial charge in [0.05, 0.1) is 18.6 Å². The van der Waals surface area contributed by atoms with Crippen molar-refractivity contribution in [1.29, 1.82) is 0 Å². The fourth-order valence-corrected chi connectivity index (χ4v) is 1.41. The molecule has 0 amide bonds. The highest BCUT2D eigenvalue weighted by Crippen LogP contribution is 2.30. The summed E-state index contributed by atoms with van der Waals surface area (Å²) in [5, 5.41) is 0. The van der Waals surface area contributed by atoms with Gasteiger partial charge in [0, 0.05) is 6.04 Å². The first-order chi connectivity index (χ1) is 5.48. The van der Waals surface area contributed by atoms with Crippen molar-refractivity contribution in [3.8, 4) is 0 Å². The molecular formula is C9H15NO2. The van der Waals surface area contributed by atoms with E-state index in [0.29, 0.717) is 18.8 Å². The molecule has 0 radical (unpaired) electrons. The number of carbonyl (C=O) groups excluding carboxylic acids is 1. The molecule has 3 heteroatoms. The van der Waals surface area contributed by atoms with Crippen LogP contribution >= 0.6 is 0 Å². The van der Waals surface area contributed by atoms with E-state index in [9.17, 15) is 4.79 Å². The zero-order chi connectivity index (χ0) is 9.35. The van der Waals surface area contributed by atoms with Gasteiger partial charge in [-0.2, -0.15) is 0 Å². The molecule has 3 nitrogen and oxygen atoms in total. The molecule has 1 saturated heterocycles. The molecule has 1 fully saturated rings. The highest BCUT2D eigenvalue weighted by atomic mass is 16.5. The minimum Gasteiger partial charge on any atom is -0.379 e. The van der Waals surface area contributed by atoms with Gasteiger partial charge in [-0.1, -0.05) is 6.58 Å². The molecule has 0 aromatic rings. The molecule has 1 aliphatic heterocycles. The molecular weight excluding hydrogens is 154 g/mol. The maximum Gasteiger partial charge on any atom is 0.167 e. The summed E-state index contributed by atoms with van der Waals surface area (Å²) in [7, 11) is 0. The molecule has 12 heavy (non-hydrogen) atoms. The number of ether oxygens (including phenoxy) is 1. The van der Waals surface area contributed by atoms with E-state index in [1.165, 1.54) is 0 Å². The van der Waals surface area contributed by atoms with Gasteiger partial charge in [0.2, 0.25) is 0 Å². The summed E-state index contributed by atoms with van der Waals surface area (Å²) in [6.45, 7) is 8.04. The van der Waals surface area contributed by atoms with Gasteiger partial charge in [-0.3, -0.25) is 4.79 Å². The van der Waals surface area contributed by atoms with Crippen LogP contribution in [0, 0.1) is 5.41 Å². The molecule has 2 unspecified atom stereocenters. The number of nitrogens with two attached hydrogens (primary N) is 1. The summed E-state index contributed by atoms with van der Waals surface area (Å²) in [6, 6.07) is -0.193. The van der Waals surface area contributed by atoms with Crippen LogP contribution in [0.25, 0.3) is 0 Å². The normalized spacial score (nSPS) is 35.1. The van der Waals surface area contributed by atoms with Crippen LogP contribution in [0.4, 0.5) is 0 Å². The quantitative estimate of drug-likeness (QED) is 0.612. The lowest BCUT2D eigenvalue weighted by atomic mass is 9.79. The van der Waals surface area contributed by atoms with Crippen molar-refractivity contribution >= 4 is 5.78 Å². The summed E-state index contributed by atoms with van der Waals surface area (Å²) < 4.78 is 5.16. The fourth-order valence-electron chi connectivity index (χ4n) is 1.41. The second-order valence-electron chi connectivity index (χ2n) is 3.65. The topological polar surface area (TPSA) is 52.3 Å². The second kappa shape index (κ2) is 2.99. The molecule has 0 bridgehead atoms. The maximum absolute atomic E-state index is 11.6. The van der Waals surface area contributed by atoms with Crippen molar-refractivity contribution in [2.24, 2.45) is 11.1 Å². The second-order valence-corrected chi connectivity index (χ2v) is 3.65. The summed E-state index contributed by atoms with van der Waals surface area (Å²) >= 11 is 0. The highest BCUT2D eigenvalue weighted by Gasteiger charge is 2.43. The Morgan fingerprint density at radius 1 is 1.75 bits per heavy atom. The predicted molar refractivity (Wildman–Crippen MR) is 46.7 cm³/mol. The van der Waals surface area contributed by atoms with Crippen molar-refractivity contribution in [1.82, 2.24) is 0 Å². The average molecular weight is 169 g/mol. The van der Waals surface area contributed by atoms with Gasteiger partial charge in [0.1, 0.15) is 0 Å². The molecule has 0 spiro atoms. The number of rotatable bonds is 2. The van der Waals surface area contributed by atoms with Gasteiger partial charge < -0.3 is 10.5 Å². The summed E-state index contributed by atoms with van der Waals surface area (Å²) in [6.07, 6.45) is 0. The first-order valence-electron chi connectivity index (χ1n) is 4.02. The van der Waals surface area contributed by atoms with Crippen LogP contribution in [0.3, 0.4) is 0 Å². The SMILES string of the molecule is C=C(C)C(=O)C1(C)COCC1N. The Kier molecular flexibility index (Phi) is 2.35. The van der Waals surface area contributed by atoms with Crippen molar-refractivity contribution in [2.75, 3.05) is 13.2 Å². The molecule has 68 valence electrons. The van der Waals surface area contributed by atoms with Crippen molar-refractivity contribution in [3.05, 3.63) is 12.2 Å². The van der Waals surface area contributed by atoms with E-state index in [4.69, 9.17) is 10.5 Å². The monoisotopic (exact) mass is 169 g/mol. The van der Waals surface area contributed by atoms with Gasteiger partial charge in [-0.15, -0.1) is 0 Å². The Labute approximate surface area is 72.6 Å². The molecule has 2 atom stereocenters. The van der Waals surface area contributed by atoms with Crippen molar-refractivity contribution < 1.29 is 9.53 Å². The van der Waals surface area contributed by atoms with Crippen LogP contribution in [0.2, 0.25) is 0 Å². The summed E-state index contributed by atoms with van der Waals surface area (Å²) in [5.41, 5.74) is 5.77. The third-order valence-corrected chi connectivity index (χ3v) is 2.42. The van der Waals surface area contributed by atoms with E-state index in [2.05, 4.69) is 6.58 Å². The number of Topliss-reactive ketones (excluding diaryl/α,β-unsaturated/α-hetero) is 1. The predicted octanol–water partition coefficient (Wildman–Crippen LogP) is 0.495.